The summed E-state index contributed by atoms with van der Waals surface area (Å²) in [4.78, 5) is 21.8. The number of hydrogen-bond donors (Lipinski definition) is 3. The van der Waals surface area contributed by atoms with E-state index in [1.54, 1.807) is 0 Å². The molecule has 1 rings (SSSR count). The van der Waals surface area contributed by atoms with Gasteiger partial charge in [-0.15, -0.1) is 0 Å². The molecule has 0 spiro atoms. The molecule has 1 aromatic rings. The summed E-state index contributed by atoms with van der Waals surface area (Å²) < 4.78 is 26.7. The third kappa shape index (κ3) is 3.56. The number of benzene rings is 1. The summed E-state index contributed by atoms with van der Waals surface area (Å²) in [6.07, 6.45) is 0. The van der Waals surface area contributed by atoms with Crippen molar-refractivity contribution in [2.24, 2.45) is 5.73 Å². The molecule has 1 aromatic carbocycles. The van der Waals surface area contributed by atoms with Crippen molar-refractivity contribution in [1.82, 2.24) is 4.72 Å². The van der Waals surface area contributed by atoms with Gasteiger partial charge in [0.05, 0.1) is 10.5 Å². The van der Waals surface area contributed by atoms with E-state index < -0.39 is 27.4 Å². The first-order valence-corrected chi connectivity index (χ1v) is 7.62. The van der Waals surface area contributed by atoms with Crippen LogP contribution in [-0.4, -0.2) is 30.9 Å². The maximum Gasteiger partial charge on any atom is 0.335 e. The van der Waals surface area contributed by atoms with Crippen LogP contribution in [-0.2, 0) is 14.8 Å². The summed E-state index contributed by atoms with van der Waals surface area (Å²) in [6.45, 7) is 2.61. The van der Waals surface area contributed by atoms with Crippen molar-refractivity contribution in [2.45, 2.75) is 24.3 Å². The molecule has 110 valence electrons. The van der Waals surface area contributed by atoms with Crippen molar-refractivity contribution in [3.63, 3.8) is 0 Å². The van der Waals surface area contributed by atoms with Gasteiger partial charge in [-0.25, -0.2) is 13.2 Å². The van der Waals surface area contributed by atoms with Crippen molar-refractivity contribution in [2.75, 3.05) is 0 Å². The van der Waals surface area contributed by atoms with Gasteiger partial charge in [0.1, 0.15) is 5.54 Å². The molecule has 20 heavy (non-hydrogen) atoms. The van der Waals surface area contributed by atoms with E-state index in [1.165, 1.54) is 26.0 Å². The van der Waals surface area contributed by atoms with E-state index >= 15 is 0 Å². The summed E-state index contributed by atoms with van der Waals surface area (Å²) in [6, 6.07) is 3.55. The van der Waals surface area contributed by atoms with Crippen LogP contribution in [0.25, 0.3) is 0 Å². The largest absolute Gasteiger partial charge is 0.478 e. The van der Waals surface area contributed by atoms with Gasteiger partial charge in [0.2, 0.25) is 15.9 Å². The van der Waals surface area contributed by atoms with E-state index in [0.29, 0.717) is 0 Å². The fourth-order valence-electron chi connectivity index (χ4n) is 1.28. The number of aromatic carboxylic acids is 1. The quantitative estimate of drug-likeness (QED) is 0.708. The van der Waals surface area contributed by atoms with Crippen LogP contribution in [0.4, 0.5) is 0 Å². The first-order chi connectivity index (χ1) is 8.97. The average molecular weight is 365 g/mol. The Hall–Kier alpha value is -1.45. The first kappa shape index (κ1) is 16.6. The fraction of sp³-hybridized carbons (Fsp3) is 0.273. The molecule has 0 fully saturated rings. The van der Waals surface area contributed by atoms with Crippen molar-refractivity contribution >= 4 is 37.8 Å². The Bertz CT molecular complexity index is 669. The number of nitrogens with two attached hydrogens (primary N) is 1. The molecule has 4 N–H and O–H groups in total. The number of nitrogens with one attached hydrogen (secondary N) is 1. The zero-order valence-corrected chi connectivity index (χ0v) is 13.1. The van der Waals surface area contributed by atoms with E-state index in [0.717, 1.165) is 6.07 Å². The topological polar surface area (TPSA) is 127 Å². The van der Waals surface area contributed by atoms with Crippen molar-refractivity contribution < 1.29 is 23.1 Å². The highest BCUT2D eigenvalue weighted by atomic mass is 79.9. The maximum atomic E-state index is 12.2. The third-order valence-electron chi connectivity index (χ3n) is 2.47. The Morgan fingerprint density at radius 1 is 1.35 bits per heavy atom. The molecule has 1 amide bonds. The van der Waals surface area contributed by atoms with Gasteiger partial charge in [-0.1, -0.05) is 0 Å². The van der Waals surface area contributed by atoms with E-state index in [-0.39, 0.29) is 14.9 Å². The lowest BCUT2D eigenvalue weighted by Gasteiger charge is -2.22. The van der Waals surface area contributed by atoms with Crippen LogP contribution >= 0.6 is 15.9 Å². The highest BCUT2D eigenvalue weighted by Gasteiger charge is 2.32. The Kier molecular flexibility index (Phi) is 4.57. The predicted octanol–water partition coefficient (Wildman–Crippen LogP) is 0.690. The van der Waals surface area contributed by atoms with E-state index in [2.05, 4.69) is 20.7 Å². The molecule has 7 nitrogen and oxygen atoms in total. The normalized spacial score (nSPS) is 12.2. The molecule has 0 heterocycles. The van der Waals surface area contributed by atoms with Crippen LogP contribution in [0.2, 0.25) is 0 Å². The van der Waals surface area contributed by atoms with E-state index in [1.807, 2.05) is 0 Å². The smallest absolute Gasteiger partial charge is 0.335 e. The second-order valence-electron chi connectivity index (χ2n) is 4.55. The van der Waals surface area contributed by atoms with E-state index in [4.69, 9.17) is 10.8 Å². The maximum absolute atomic E-state index is 12.2. The van der Waals surface area contributed by atoms with Crippen LogP contribution < -0.4 is 10.5 Å². The minimum absolute atomic E-state index is 0.176. The summed E-state index contributed by atoms with van der Waals surface area (Å²) in [5, 5.41) is 8.88. The first-order valence-electron chi connectivity index (χ1n) is 5.34. The Morgan fingerprint density at radius 3 is 2.35 bits per heavy atom. The molecule has 0 bridgehead atoms. The van der Waals surface area contributed by atoms with Gasteiger partial charge in [-0.05, 0) is 48.0 Å². The molecule has 0 aliphatic heterocycles. The summed E-state index contributed by atoms with van der Waals surface area (Å²) >= 11 is 3.03. The predicted molar refractivity (Wildman–Crippen MR) is 74.7 cm³/mol. The lowest BCUT2D eigenvalue weighted by Crippen LogP contribution is -2.52. The van der Waals surface area contributed by atoms with Gasteiger partial charge in [-0.2, -0.15) is 4.72 Å². The van der Waals surface area contributed by atoms with Crippen LogP contribution in [0.15, 0.2) is 27.6 Å². The monoisotopic (exact) mass is 364 g/mol. The summed E-state index contributed by atoms with van der Waals surface area (Å²) in [7, 11) is -4.11. The second-order valence-corrected chi connectivity index (χ2v) is 7.05. The van der Waals surface area contributed by atoms with Gasteiger partial charge < -0.3 is 10.8 Å². The Balaban J connectivity index is 3.32. The van der Waals surface area contributed by atoms with Gasteiger partial charge in [-0.3, -0.25) is 4.79 Å². The number of amides is 1. The minimum Gasteiger partial charge on any atom is -0.478 e. The zero-order chi connectivity index (χ0) is 15.7. The lowest BCUT2D eigenvalue weighted by molar-refractivity contribution is -0.122. The van der Waals surface area contributed by atoms with Crippen LogP contribution in [0.3, 0.4) is 0 Å². The fourth-order valence-corrected chi connectivity index (χ4v) is 3.66. The average Bonchev–Trinajstić information content (AvgIpc) is 2.27. The van der Waals surface area contributed by atoms with Crippen LogP contribution in [0.5, 0.6) is 0 Å². The molecule has 0 atom stereocenters. The molecular weight excluding hydrogens is 352 g/mol. The number of halogens is 1. The molecule has 0 saturated heterocycles. The lowest BCUT2D eigenvalue weighted by atomic mass is 10.1. The standard InChI is InChI=1S/C11H13BrN2O5S/c1-11(2,10(13)17)14-20(18,19)8-5-6(9(15)16)3-4-7(8)12/h3-5,14H,1-2H3,(H2,13,17)(H,15,16). The molecule has 0 radical (unpaired) electrons. The highest BCUT2D eigenvalue weighted by Crippen LogP contribution is 2.24. The number of hydrogen-bond acceptors (Lipinski definition) is 4. The Morgan fingerprint density at radius 2 is 1.90 bits per heavy atom. The van der Waals surface area contributed by atoms with E-state index in [9.17, 15) is 18.0 Å². The third-order valence-corrected chi connectivity index (χ3v) is 5.12. The zero-order valence-electron chi connectivity index (χ0n) is 10.7. The molecule has 0 aliphatic carbocycles. The Labute approximate surface area is 124 Å². The number of carboxylic acid groups (broad SMARTS) is 1. The molecule has 0 saturated carbocycles. The number of sulfonamides is 1. The van der Waals surface area contributed by atoms with Gasteiger partial charge >= 0.3 is 5.97 Å². The number of primary amides is 1. The molecule has 0 aromatic heterocycles. The molecule has 0 unspecified atom stereocenters. The summed E-state index contributed by atoms with van der Waals surface area (Å²) in [5.74, 6) is -2.12. The van der Waals surface area contributed by atoms with Crippen LogP contribution in [0, 0.1) is 0 Å². The number of carbonyl (C=O) groups excluding carboxylic acids is 1. The molecule has 0 aliphatic rings. The van der Waals surface area contributed by atoms with Crippen molar-refractivity contribution in [3.05, 3.63) is 28.2 Å². The van der Waals surface area contributed by atoms with Crippen molar-refractivity contribution in [3.8, 4) is 0 Å². The van der Waals surface area contributed by atoms with Crippen molar-refractivity contribution in [1.29, 1.82) is 0 Å². The molecular formula is C11H13BrN2O5S. The minimum atomic E-state index is -4.11. The van der Waals surface area contributed by atoms with Gasteiger partial charge in [0.25, 0.3) is 0 Å². The number of rotatable bonds is 5. The van der Waals surface area contributed by atoms with Gasteiger partial charge in [0, 0.05) is 4.47 Å². The SMILES string of the molecule is CC(C)(NS(=O)(=O)c1cc(C(=O)O)ccc1Br)C(N)=O. The van der Waals surface area contributed by atoms with Gasteiger partial charge in [0.15, 0.2) is 0 Å². The molecule has 9 heteroatoms. The number of carbonyl (C=O) groups is 2. The summed E-state index contributed by atoms with van der Waals surface area (Å²) in [5.41, 5.74) is 3.41. The van der Waals surface area contributed by atoms with Crippen LogP contribution in [0.1, 0.15) is 24.2 Å². The number of carboxylic acids is 1. The second kappa shape index (κ2) is 5.51. The highest BCUT2D eigenvalue weighted by molar-refractivity contribution is 9.10.